The van der Waals surface area contributed by atoms with Crippen molar-refractivity contribution in [1.29, 1.82) is 0 Å². The molecule has 2 N–H and O–H groups in total. The molecule has 1 heterocycles. The number of aliphatic imine (C=N–C) groups is 1. The molecule has 27 heavy (non-hydrogen) atoms. The van der Waals surface area contributed by atoms with E-state index in [1.54, 1.807) is 0 Å². The molecule has 1 saturated heterocycles. The molecule has 0 unspecified atom stereocenters. The van der Waals surface area contributed by atoms with Crippen LogP contribution in [0.2, 0.25) is 0 Å². The second-order valence-electron chi connectivity index (χ2n) is 6.99. The van der Waals surface area contributed by atoms with Crippen LogP contribution in [0.5, 0.6) is 0 Å². The van der Waals surface area contributed by atoms with E-state index in [0.29, 0.717) is 0 Å². The van der Waals surface area contributed by atoms with E-state index < -0.39 is 0 Å². The fourth-order valence-electron chi connectivity index (χ4n) is 3.26. The quantitative estimate of drug-likeness (QED) is 0.345. The third-order valence-corrected chi connectivity index (χ3v) is 5.42. The zero-order valence-corrected chi connectivity index (χ0v) is 17.9. The van der Waals surface area contributed by atoms with Crippen LogP contribution in [-0.2, 0) is 6.54 Å². The summed E-state index contributed by atoms with van der Waals surface area (Å²) in [5, 5.41) is 6.71. The van der Waals surface area contributed by atoms with E-state index in [4.69, 9.17) is 0 Å². The minimum atomic E-state index is 0.905. The van der Waals surface area contributed by atoms with Gasteiger partial charge in [-0.1, -0.05) is 30.3 Å². The summed E-state index contributed by atoms with van der Waals surface area (Å²) in [4.78, 5) is 9.86. The normalized spacial score (nSPS) is 16.4. The molecule has 0 radical (unpaired) electrons. The largest absolute Gasteiger partial charge is 0.357 e. The van der Waals surface area contributed by atoms with Crippen LogP contribution in [0.4, 0.5) is 0 Å². The minimum Gasteiger partial charge on any atom is -0.357 e. The summed E-state index contributed by atoms with van der Waals surface area (Å²) in [5.74, 6) is 2.07. The Morgan fingerprint density at radius 2 is 1.78 bits per heavy atom. The predicted molar refractivity (Wildman–Crippen MR) is 120 cm³/mol. The van der Waals surface area contributed by atoms with Crippen molar-refractivity contribution in [2.45, 2.75) is 26.3 Å². The number of guanidine groups is 1. The lowest BCUT2D eigenvalue weighted by Gasteiger charge is -2.34. The van der Waals surface area contributed by atoms with Gasteiger partial charge in [-0.25, -0.2) is 0 Å². The molecule has 0 atom stereocenters. The van der Waals surface area contributed by atoms with Crippen LogP contribution in [0.1, 0.15) is 25.3 Å². The predicted octanol–water partition coefficient (Wildman–Crippen LogP) is 2.50. The lowest BCUT2D eigenvalue weighted by atomic mass is 10.2. The summed E-state index contributed by atoms with van der Waals surface area (Å²) in [6, 6.07) is 10.8. The first-order chi connectivity index (χ1) is 13.3. The molecule has 1 fully saturated rings. The molecule has 0 saturated carbocycles. The number of unbranched alkanes of at least 4 members (excludes halogenated alkanes) is 1. The summed E-state index contributed by atoms with van der Waals surface area (Å²) in [6.45, 7) is 11.9. The van der Waals surface area contributed by atoms with E-state index in [-0.39, 0.29) is 0 Å². The average molecular weight is 392 g/mol. The average Bonchev–Trinajstić information content (AvgIpc) is 2.70. The SMILES string of the molecule is CCNC(=NCCCCN1CCN(Cc2ccccc2)CC1)NCCSC. The van der Waals surface area contributed by atoms with Crippen LogP contribution in [0.3, 0.4) is 0 Å². The standard InChI is InChI=1S/C21H37N5S/c1-3-22-21(24-12-18-27-2)23-11-7-8-13-25-14-16-26(17-15-25)19-20-9-5-4-6-10-20/h4-6,9-10H,3,7-8,11-19H2,1-2H3,(H2,22,23,24). The van der Waals surface area contributed by atoms with E-state index in [1.807, 2.05) is 11.8 Å². The zero-order chi connectivity index (χ0) is 19.2. The summed E-state index contributed by atoms with van der Waals surface area (Å²) in [5.41, 5.74) is 1.42. The van der Waals surface area contributed by atoms with Crippen molar-refractivity contribution in [3.8, 4) is 0 Å². The number of piperazine rings is 1. The van der Waals surface area contributed by atoms with Crippen LogP contribution in [0.15, 0.2) is 35.3 Å². The maximum Gasteiger partial charge on any atom is 0.191 e. The molecule has 5 nitrogen and oxygen atoms in total. The van der Waals surface area contributed by atoms with Gasteiger partial charge in [-0.3, -0.25) is 9.89 Å². The molecule has 0 amide bonds. The van der Waals surface area contributed by atoms with Crippen molar-refractivity contribution < 1.29 is 0 Å². The summed E-state index contributed by atoms with van der Waals surface area (Å²) >= 11 is 1.86. The second-order valence-corrected chi connectivity index (χ2v) is 7.98. The maximum atomic E-state index is 4.69. The van der Waals surface area contributed by atoms with Gasteiger partial charge in [-0.2, -0.15) is 11.8 Å². The van der Waals surface area contributed by atoms with E-state index in [9.17, 15) is 0 Å². The molecule has 6 heteroatoms. The van der Waals surface area contributed by atoms with Crippen LogP contribution in [-0.4, -0.2) is 80.1 Å². The Morgan fingerprint density at radius 1 is 1.04 bits per heavy atom. The van der Waals surface area contributed by atoms with Gasteiger partial charge in [-0.05, 0) is 38.1 Å². The maximum absolute atomic E-state index is 4.69. The first-order valence-corrected chi connectivity index (χ1v) is 11.7. The number of benzene rings is 1. The molecule has 2 rings (SSSR count). The Kier molecular flexibility index (Phi) is 11.3. The third-order valence-electron chi connectivity index (χ3n) is 4.81. The smallest absolute Gasteiger partial charge is 0.191 e. The van der Waals surface area contributed by atoms with Gasteiger partial charge < -0.3 is 15.5 Å². The van der Waals surface area contributed by atoms with E-state index >= 15 is 0 Å². The Labute approximate surface area is 170 Å². The highest BCUT2D eigenvalue weighted by molar-refractivity contribution is 7.98. The summed E-state index contributed by atoms with van der Waals surface area (Å²) in [6.07, 6.45) is 4.52. The molecular weight excluding hydrogens is 354 g/mol. The fraction of sp³-hybridized carbons (Fsp3) is 0.667. The van der Waals surface area contributed by atoms with E-state index in [0.717, 1.165) is 44.3 Å². The number of thioether (sulfide) groups is 1. The van der Waals surface area contributed by atoms with Crippen LogP contribution in [0, 0.1) is 0 Å². The molecule has 0 aromatic heterocycles. The minimum absolute atomic E-state index is 0.905. The molecule has 152 valence electrons. The Hall–Kier alpha value is -1.24. The van der Waals surface area contributed by atoms with Gasteiger partial charge >= 0.3 is 0 Å². The van der Waals surface area contributed by atoms with Gasteiger partial charge in [0.2, 0.25) is 0 Å². The fourth-order valence-corrected chi connectivity index (χ4v) is 3.57. The van der Waals surface area contributed by atoms with Crippen LogP contribution in [0.25, 0.3) is 0 Å². The molecule has 0 aliphatic carbocycles. The van der Waals surface area contributed by atoms with Crippen molar-refractivity contribution in [1.82, 2.24) is 20.4 Å². The number of hydrogen-bond acceptors (Lipinski definition) is 4. The van der Waals surface area contributed by atoms with Crippen molar-refractivity contribution in [2.75, 3.05) is 64.4 Å². The van der Waals surface area contributed by atoms with E-state index in [2.05, 4.69) is 68.9 Å². The van der Waals surface area contributed by atoms with Gasteiger partial charge in [0, 0.05) is 58.1 Å². The summed E-state index contributed by atoms with van der Waals surface area (Å²) in [7, 11) is 0. The van der Waals surface area contributed by atoms with Crippen molar-refractivity contribution in [2.24, 2.45) is 4.99 Å². The van der Waals surface area contributed by atoms with Gasteiger partial charge in [0.15, 0.2) is 5.96 Å². The molecule has 1 aromatic carbocycles. The molecule has 1 aliphatic rings. The lowest BCUT2D eigenvalue weighted by Crippen LogP contribution is -2.46. The highest BCUT2D eigenvalue weighted by atomic mass is 32.2. The van der Waals surface area contributed by atoms with Crippen molar-refractivity contribution in [3.05, 3.63) is 35.9 Å². The van der Waals surface area contributed by atoms with E-state index in [1.165, 1.54) is 44.7 Å². The summed E-state index contributed by atoms with van der Waals surface area (Å²) < 4.78 is 0. The molecule has 1 aromatic rings. The Bertz CT molecular complexity index is 515. The Balaban J connectivity index is 1.56. The third kappa shape index (κ3) is 9.49. The second kappa shape index (κ2) is 13.9. The van der Waals surface area contributed by atoms with Crippen molar-refractivity contribution >= 4 is 17.7 Å². The molecule has 0 spiro atoms. The number of nitrogens with zero attached hydrogens (tertiary/aromatic N) is 3. The number of nitrogens with one attached hydrogen (secondary N) is 2. The molecule has 1 aliphatic heterocycles. The topological polar surface area (TPSA) is 42.9 Å². The number of hydrogen-bond donors (Lipinski definition) is 2. The van der Waals surface area contributed by atoms with Gasteiger partial charge in [0.1, 0.15) is 0 Å². The monoisotopic (exact) mass is 391 g/mol. The highest BCUT2D eigenvalue weighted by Crippen LogP contribution is 2.09. The first-order valence-electron chi connectivity index (χ1n) is 10.3. The van der Waals surface area contributed by atoms with Gasteiger partial charge in [0.05, 0.1) is 0 Å². The zero-order valence-electron chi connectivity index (χ0n) is 17.1. The van der Waals surface area contributed by atoms with Gasteiger partial charge in [0.25, 0.3) is 0 Å². The van der Waals surface area contributed by atoms with Crippen molar-refractivity contribution in [3.63, 3.8) is 0 Å². The molecule has 0 bridgehead atoms. The number of rotatable bonds is 11. The first kappa shape index (κ1) is 22.1. The van der Waals surface area contributed by atoms with Crippen LogP contribution >= 0.6 is 11.8 Å². The van der Waals surface area contributed by atoms with Crippen LogP contribution < -0.4 is 10.6 Å². The molecular formula is C21H37N5S. The lowest BCUT2D eigenvalue weighted by molar-refractivity contribution is 0.126. The Morgan fingerprint density at radius 3 is 2.48 bits per heavy atom. The highest BCUT2D eigenvalue weighted by Gasteiger charge is 2.16. The van der Waals surface area contributed by atoms with Gasteiger partial charge in [-0.15, -0.1) is 0 Å².